The maximum atomic E-state index is 12.7. The number of ether oxygens (including phenoxy) is 1. The molecule has 4 amide bonds. The molecular formula is C25H35N3O5. The Bertz CT molecular complexity index is 787. The number of likely N-dealkylation sites (tertiary alicyclic amines) is 1. The zero-order valence-corrected chi connectivity index (χ0v) is 19.5. The van der Waals surface area contributed by atoms with Crippen molar-refractivity contribution in [3.8, 4) is 12.3 Å². The van der Waals surface area contributed by atoms with Crippen molar-refractivity contribution in [2.45, 2.75) is 44.9 Å². The molecule has 180 valence electrons. The van der Waals surface area contributed by atoms with Crippen LogP contribution in [0.4, 0.5) is 0 Å². The van der Waals surface area contributed by atoms with Crippen molar-refractivity contribution in [3.63, 3.8) is 0 Å². The van der Waals surface area contributed by atoms with E-state index in [0.717, 1.165) is 32.1 Å². The molecule has 1 saturated heterocycles. The Labute approximate surface area is 196 Å². The highest BCUT2D eigenvalue weighted by Gasteiger charge is 2.58. The highest BCUT2D eigenvalue weighted by molar-refractivity contribution is 6.06. The van der Waals surface area contributed by atoms with Crippen LogP contribution in [0.1, 0.15) is 44.9 Å². The van der Waals surface area contributed by atoms with Crippen LogP contribution in [0, 0.1) is 36.0 Å². The summed E-state index contributed by atoms with van der Waals surface area (Å²) in [7, 11) is 1.56. The third kappa shape index (κ3) is 6.02. The van der Waals surface area contributed by atoms with Crippen LogP contribution >= 0.6 is 0 Å². The molecule has 2 aliphatic carbocycles. The summed E-state index contributed by atoms with van der Waals surface area (Å²) in [5, 5.41) is 2.70. The van der Waals surface area contributed by atoms with E-state index >= 15 is 0 Å². The predicted molar refractivity (Wildman–Crippen MR) is 122 cm³/mol. The molecule has 0 radical (unpaired) electrons. The van der Waals surface area contributed by atoms with Gasteiger partial charge in [0, 0.05) is 39.6 Å². The molecule has 2 fully saturated rings. The van der Waals surface area contributed by atoms with E-state index < -0.39 is 0 Å². The molecule has 3 rings (SSSR count). The second-order valence-corrected chi connectivity index (χ2v) is 9.10. The minimum atomic E-state index is -0.181. The first-order valence-electron chi connectivity index (χ1n) is 12.0. The summed E-state index contributed by atoms with van der Waals surface area (Å²) >= 11 is 0. The molecule has 0 aromatic heterocycles. The first kappa shape index (κ1) is 25.0. The number of amides is 4. The Morgan fingerprint density at radius 3 is 2.42 bits per heavy atom. The van der Waals surface area contributed by atoms with E-state index in [9.17, 15) is 19.2 Å². The van der Waals surface area contributed by atoms with Crippen molar-refractivity contribution in [2.75, 3.05) is 39.9 Å². The molecule has 4 atom stereocenters. The fourth-order valence-electron chi connectivity index (χ4n) is 5.27. The van der Waals surface area contributed by atoms with Gasteiger partial charge in [-0.2, -0.15) is 0 Å². The molecule has 0 spiro atoms. The van der Waals surface area contributed by atoms with Gasteiger partial charge in [-0.05, 0) is 31.1 Å². The number of fused-ring (bicyclic) bond motifs is 5. The Morgan fingerprint density at radius 1 is 1.12 bits per heavy atom. The molecule has 8 nitrogen and oxygen atoms in total. The Hall–Kier alpha value is -2.66. The number of hydrogen-bond donors (Lipinski definition) is 1. The zero-order valence-electron chi connectivity index (χ0n) is 19.5. The highest BCUT2D eigenvalue weighted by atomic mass is 16.5. The molecule has 1 N–H and O–H groups in total. The third-order valence-corrected chi connectivity index (χ3v) is 6.95. The van der Waals surface area contributed by atoms with Gasteiger partial charge in [-0.1, -0.05) is 30.9 Å². The van der Waals surface area contributed by atoms with Crippen LogP contribution in [0.25, 0.3) is 0 Å². The lowest BCUT2D eigenvalue weighted by Gasteiger charge is -2.20. The second-order valence-electron chi connectivity index (χ2n) is 9.10. The van der Waals surface area contributed by atoms with Gasteiger partial charge in [-0.15, -0.1) is 6.42 Å². The molecule has 1 aliphatic heterocycles. The van der Waals surface area contributed by atoms with Crippen LogP contribution in [0.3, 0.4) is 0 Å². The largest absolute Gasteiger partial charge is 0.383 e. The van der Waals surface area contributed by atoms with Crippen LogP contribution in [-0.2, 0) is 23.9 Å². The standard InChI is InChI=1S/C25H35N3O5/c1-3-13-27(21(30)11-10-20(29)26-12-16-33-2)14-6-4-5-7-15-28-24(31)22-18-8-9-19(17-18)23(22)25(28)32/h1,8-9,18-19,22-23H,4-7,10-17H2,2H3,(H,26,29)/t18-,19+,22+,23-. The number of terminal acetylenes is 1. The number of methoxy groups -OCH3 is 1. The monoisotopic (exact) mass is 457 g/mol. The lowest BCUT2D eigenvalue weighted by atomic mass is 9.85. The molecule has 8 heteroatoms. The number of imide groups is 1. The molecule has 0 aromatic carbocycles. The quantitative estimate of drug-likeness (QED) is 0.184. The fourth-order valence-corrected chi connectivity index (χ4v) is 5.27. The van der Waals surface area contributed by atoms with E-state index in [0.29, 0.717) is 26.2 Å². The molecule has 3 aliphatic rings. The molecule has 2 bridgehead atoms. The van der Waals surface area contributed by atoms with Gasteiger partial charge >= 0.3 is 0 Å². The summed E-state index contributed by atoms with van der Waals surface area (Å²) in [6.07, 6.45) is 14.1. The van der Waals surface area contributed by atoms with Crippen LogP contribution < -0.4 is 5.32 Å². The topological polar surface area (TPSA) is 96.0 Å². The van der Waals surface area contributed by atoms with Crippen LogP contribution in [0.15, 0.2) is 12.2 Å². The van der Waals surface area contributed by atoms with Gasteiger partial charge in [-0.3, -0.25) is 24.1 Å². The molecule has 1 saturated carbocycles. The van der Waals surface area contributed by atoms with Crippen molar-refractivity contribution < 1.29 is 23.9 Å². The van der Waals surface area contributed by atoms with Gasteiger partial charge in [0.1, 0.15) is 0 Å². The Balaban J connectivity index is 1.31. The first-order valence-corrected chi connectivity index (χ1v) is 12.0. The van der Waals surface area contributed by atoms with Crippen LogP contribution in [0.2, 0.25) is 0 Å². The summed E-state index contributed by atoms with van der Waals surface area (Å²) in [5.74, 6) is 2.47. The number of unbranched alkanes of at least 4 members (excludes halogenated alkanes) is 3. The molecule has 33 heavy (non-hydrogen) atoms. The van der Waals surface area contributed by atoms with E-state index in [1.165, 1.54) is 4.90 Å². The SMILES string of the molecule is C#CCN(CCCCCCN1C(=O)[C@@H]2[C@H](C1=O)[C@H]1C=C[C@@H]2C1)C(=O)CCC(=O)NCCOC. The smallest absolute Gasteiger partial charge is 0.233 e. The van der Waals surface area contributed by atoms with Crippen molar-refractivity contribution in [3.05, 3.63) is 12.2 Å². The fraction of sp³-hybridized carbons (Fsp3) is 0.680. The summed E-state index contributed by atoms with van der Waals surface area (Å²) in [4.78, 5) is 52.7. The summed E-state index contributed by atoms with van der Waals surface area (Å²) in [6.45, 7) is 2.10. The van der Waals surface area contributed by atoms with Gasteiger partial charge in [0.25, 0.3) is 0 Å². The average Bonchev–Trinajstić information content (AvgIpc) is 3.48. The number of allylic oxidation sites excluding steroid dienone is 2. The molecule has 1 heterocycles. The van der Waals surface area contributed by atoms with Gasteiger partial charge in [-0.25, -0.2) is 0 Å². The minimum Gasteiger partial charge on any atom is -0.383 e. The van der Waals surface area contributed by atoms with Crippen molar-refractivity contribution in [2.24, 2.45) is 23.7 Å². The molecular weight excluding hydrogens is 422 g/mol. The van der Waals surface area contributed by atoms with E-state index in [2.05, 4.69) is 23.4 Å². The van der Waals surface area contributed by atoms with E-state index in [1.807, 2.05) is 0 Å². The normalized spacial score (nSPS) is 24.8. The number of nitrogens with zero attached hydrogens (tertiary/aromatic N) is 2. The number of carbonyl (C=O) groups excluding carboxylic acids is 4. The van der Waals surface area contributed by atoms with Crippen molar-refractivity contribution in [1.29, 1.82) is 0 Å². The maximum Gasteiger partial charge on any atom is 0.233 e. The molecule has 0 unspecified atom stereocenters. The van der Waals surface area contributed by atoms with E-state index in [-0.39, 0.29) is 66.7 Å². The Morgan fingerprint density at radius 2 is 1.79 bits per heavy atom. The van der Waals surface area contributed by atoms with E-state index in [1.54, 1.807) is 12.0 Å². The third-order valence-electron chi connectivity index (χ3n) is 6.95. The molecule has 0 aromatic rings. The number of carbonyl (C=O) groups is 4. The highest BCUT2D eigenvalue weighted by Crippen LogP contribution is 2.52. The predicted octanol–water partition coefficient (Wildman–Crippen LogP) is 1.36. The van der Waals surface area contributed by atoms with Gasteiger partial charge in [0.2, 0.25) is 23.6 Å². The van der Waals surface area contributed by atoms with Gasteiger partial charge in [0.15, 0.2) is 0 Å². The van der Waals surface area contributed by atoms with Gasteiger partial charge < -0.3 is 15.0 Å². The minimum absolute atomic E-state index is 0.0129. The average molecular weight is 458 g/mol. The zero-order chi connectivity index (χ0) is 23.8. The maximum absolute atomic E-state index is 12.7. The summed E-state index contributed by atoms with van der Waals surface area (Å²) < 4.78 is 4.88. The second kappa shape index (κ2) is 12.0. The number of hydrogen-bond acceptors (Lipinski definition) is 5. The van der Waals surface area contributed by atoms with Crippen LogP contribution in [0.5, 0.6) is 0 Å². The van der Waals surface area contributed by atoms with Crippen LogP contribution in [-0.4, -0.2) is 73.3 Å². The van der Waals surface area contributed by atoms with Gasteiger partial charge in [0.05, 0.1) is 25.0 Å². The lowest BCUT2D eigenvalue weighted by molar-refractivity contribution is -0.140. The summed E-state index contributed by atoms with van der Waals surface area (Å²) in [5.41, 5.74) is 0. The number of nitrogens with one attached hydrogen (secondary N) is 1. The van der Waals surface area contributed by atoms with Crippen molar-refractivity contribution >= 4 is 23.6 Å². The first-order chi connectivity index (χ1) is 16.0. The van der Waals surface area contributed by atoms with Crippen molar-refractivity contribution in [1.82, 2.24) is 15.1 Å². The summed E-state index contributed by atoms with van der Waals surface area (Å²) in [6, 6.07) is 0. The Kier molecular flexibility index (Phi) is 9.07. The lowest BCUT2D eigenvalue weighted by Crippen LogP contribution is -2.34. The number of rotatable bonds is 14. The van der Waals surface area contributed by atoms with E-state index in [4.69, 9.17) is 11.2 Å².